The van der Waals surface area contributed by atoms with E-state index in [9.17, 15) is 4.39 Å². The Morgan fingerprint density at radius 1 is 1.50 bits per heavy atom. The molecule has 2 aromatic rings. The van der Waals surface area contributed by atoms with Gasteiger partial charge in [-0.3, -0.25) is 0 Å². The van der Waals surface area contributed by atoms with Crippen molar-refractivity contribution in [3.63, 3.8) is 0 Å². The van der Waals surface area contributed by atoms with Crippen molar-refractivity contribution < 1.29 is 4.39 Å². The number of benzene rings is 1. The van der Waals surface area contributed by atoms with Gasteiger partial charge in [0, 0.05) is 17.6 Å². The summed E-state index contributed by atoms with van der Waals surface area (Å²) in [6.07, 6.45) is 1.59. The Morgan fingerprint density at radius 3 is 2.88 bits per heavy atom. The molecule has 0 saturated heterocycles. The number of nitrogen functional groups attached to an aromatic ring is 1. The number of nitrogens with zero attached hydrogens (tertiary/aromatic N) is 3. The Bertz CT molecular complexity index is 528. The van der Waals surface area contributed by atoms with Gasteiger partial charge in [-0.15, -0.1) is 10.2 Å². The molecule has 2 rings (SSSR count). The maximum Gasteiger partial charge on any atom is 0.195 e. The van der Waals surface area contributed by atoms with Crippen LogP contribution in [0.2, 0.25) is 0 Å². The highest BCUT2D eigenvalue weighted by atomic mass is 79.9. The lowest BCUT2D eigenvalue weighted by Crippen LogP contribution is -1.94. The summed E-state index contributed by atoms with van der Waals surface area (Å²) < 4.78 is 15.3. The molecule has 0 fully saturated rings. The molecule has 0 aliphatic carbocycles. The average molecular weight is 303 g/mol. The predicted molar refractivity (Wildman–Crippen MR) is 63.6 cm³/mol. The molecule has 0 amide bonds. The largest absolute Gasteiger partial charge is 0.398 e. The monoisotopic (exact) mass is 302 g/mol. The zero-order valence-electron chi connectivity index (χ0n) is 8.32. The molecule has 0 unspecified atom stereocenters. The molecule has 0 atom stereocenters. The number of hydrogen-bond donors (Lipinski definition) is 1. The second kappa shape index (κ2) is 4.42. The first-order chi connectivity index (χ1) is 7.58. The van der Waals surface area contributed by atoms with Crippen molar-refractivity contribution in [1.82, 2.24) is 14.8 Å². The van der Waals surface area contributed by atoms with E-state index in [4.69, 9.17) is 5.73 Å². The standard InChI is InChI=1S/C9H8BrFN4S/c1-15-4-13-14-9(15)16-8-2-5(10)6(11)3-7(8)12/h2-4H,12H2,1H3. The fourth-order valence-corrected chi connectivity index (χ4v) is 2.42. The van der Waals surface area contributed by atoms with Gasteiger partial charge in [-0.2, -0.15) is 0 Å². The Hall–Kier alpha value is -1.08. The maximum absolute atomic E-state index is 13.1. The Balaban J connectivity index is 2.35. The normalized spacial score (nSPS) is 10.7. The summed E-state index contributed by atoms with van der Waals surface area (Å²) in [5.74, 6) is -0.375. The maximum atomic E-state index is 13.1. The molecule has 0 aliphatic rings. The van der Waals surface area contributed by atoms with Crippen molar-refractivity contribution in [3.05, 3.63) is 28.7 Å². The number of rotatable bonds is 2. The summed E-state index contributed by atoms with van der Waals surface area (Å²) in [5.41, 5.74) is 6.10. The molecule has 7 heteroatoms. The van der Waals surface area contributed by atoms with Crippen LogP contribution in [0.25, 0.3) is 0 Å². The molecule has 0 aliphatic heterocycles. The third-order valence-electron chi connectivity index (χ3n) is 1.92. The Labute approximate surface area is 104 Å². The van der Waals surface area contributed by atoms with E-state index >= 15 is 0 Å². The molecular weight excluding hydrogens is 295 g/mol. The van der Waals surface area contributed by atoms with E-state index in [1.165, 1.54) is 17.8 Å². The van der Waals surface area contributed by atoms with Crippen LogP contribution < -0.4 is 5.73 Å². The van der Waals surface area contributed by atoms with Crippen molar-refractivity contribution in [2.24, 2.45) is 7.05 Å². The predicted octanol–water partition coefficient (Wildman–Crippen LogP) is 2.45. The molecule has 0 radical (unpaired) electrons. The molecule has 1 aromatic heterocycles. The first-order valence-corrected chi connectivity index (χ1v) is 5.95. The number of halogens is 2. The van der Waals surface area contributed by atoms with Crippen LogP contribution in [0.1, 0.15) is 0 Å². The number of anilines is 1. The van der Waals surface area contributed by atoms with Crippen LogP contribution in [0.3, 0.4) is 0 Å². The molecule has 0 bridgehead atoms. The fraction of sp³-hybridized carbons (Fsp3) is 0.111. The number of hydrogen-bond acceptors (Lipinski definition) is 4. The van der Waals surface area contributed by atoms with Gasteiger partial charge in [0.2, 0.25) is 0 Å². The van der Waals surface area contributed by atoms with Crippen LogP contribution in [0, 0.1) is 5.82 Å². The topological polar surface area (TPSA) is 56.7 Å². The van der Waals surface area contributed by atoms with Crippen molar-refractivity contribution in [2.45, 2.75) is 10.1 Å². The molecule has 0 spiro atoms. The number of aryl methyl sites for hydroxylation is 1. The van der Waals surface area contributed by atoms with Crippen LogP contribution in [0.15, 0.2) is 33.0 Å². The second-order valence-corrected chi connectivity index (χ2v) is 4.99. The van der Waals surface area contributed by atoms with Crippen molar-refractivity contribution in [2.75, 3.05) is 5.73 Å². The Morgan fingerprint density at radius 2 is 2.25 bits per heavy atom. The molecule has 1 heterocycles. The zero-order chi connectivity index (χ0) is 11.7. The highest BCUT2D eigenvalue weighted by Gasteiger charge is 2.10. The highest BCUT2D eigenvalue weighted by molar-refractivity contribution is 9.10. The SMILES string of the molecule is Cn1cnnc1Sc1cc(Br)c(F)cc1N. The van der Waals surface area contributed by atoms with Crippen molar-refractivity contribution >= 4 is 33.4 Å². The third-order valence-corrected chi connectivity index (χ3v) is 3.66. The second-order valence-electron chi connectivity index (χ2n) is 3.13. The minimum absolute atomic E-state index is 0.375. The minimum Gasteiger partial charge on any atom is -0.398 e. The fourth-order valence-electron chi connectivity index (χ4n) is 1.10. The van der Waals surface area contributed by atoms with Gasteiger partial charge in [-0.1, -0.05) is 0 Å². The van der Waals surface area contributed by atoms with Gasteiger partial charge in [-0.25, -0.2) is 4.39 Å². The van der Waals surface area contributed by atoms with E-state index in [0.717, 1.165) is 4.90 Å². The summed E-state index contributed by atoms with van der Waals surface area (Å²) in [6.45, 7) is 0. The summed E-state index contributed by atoms with van der Waals surface area (Å²) in [4.78, 5) is 0.740. The van der Waals surface area contributed by atoms with Crippen molar-refractivity contribution in [3.8, 4) is 0 Å². The van der Waals surface area contributed by atoms with Gasteiger partial charge in [0.1, 0.15) is 12.1 Å². The summed E-state index contributed by atoms with van der Waals surface area (Å²) in [6, 6.07) is 2.91. The van der Waals surface area contributed by atoms with Gasteiger partial charge in [-0.05, 0) is 39.8 Å². The number of nitrogens with two attached hydrogens (primary N) is 1. The van der Waals surface area contributed by atoms with E-state index in [1.807, 2.05) is 7.05 Å². The smallest absolute Gasteiger partial charge is 0.195 e. The third kappa shape index (κ3) is 2.19. The first kappa shape index (κ1) is 11.4. The van der Waals surface area contributed by atoms with Gasteiger partial charge in [0.05, 0.1) is 4.47 Å². The van der Waals surface area contributed by atoms with Crippen molar-refractivity contribution in [1.29, 1.82) is 0 Å². The lowest BCUT2D eigenvalue weighted by atomic mass is 10.3. The summed E-state index contributed by atoms with van der Waals surface area (Å²) in [7, 11) is 1.83. The molecule has 0 saturated carbocycles. The molecule has 1 aromatic carbocycles. The summed E-state index contributed by atoms with van der Waals surface area (Å²) >= 11 is 4.45. The quantitative estimate of drug-likeness (QED) is 0.866. The zero-order valence-corrected chi connectivity index (χ0v) is 10.7. The lowest BCUT2D eigenvalue weighted by Gasteiger charge is -2.05. The van der Waals surface area contributed by atoms with E-state index in [0.29, 0.717) is 15.3 Å². The average Bonchev–Trinajstić information content (AvgIpc) is 2.61. The Kier molecular flexibility index (Phi) is 3.15. The van der Waals surface area contributed by atoms with Gasteiger partial charge in [0.15, 0.2) is 5.16 Å². The number of aromatic nitrogens is 3. The van der Waals surface area contributed by atoms with Crippen LogP contribution in [-0.2, 0) is 7.05 Å². The van der Waals surface area contributed by atoms with E-state index < -0.39 is 0 Å². The van der Waals surface area contributed by atoms with E-state index in [2.05, 4.69) is 26.1 Å². The molecule has 2 N–H and O–H groups in total. The van der Waals surface area contributed by atoms with Crippen LogP contribution in [0.5, 0.6) is 0 Å². The van der Waals surface area contributed by atoms with E-state index in [-0.39, 0.29) is 5.82 Å². The van der Waals surface area contributed by atoms with E-state index in [1.54, 1.807) is 17.0 Å². The highest BCUT2D eigenvalue weighted by Crippen LogP contribution is 2.33. The molecule has 4 nitrogen and oxygen atoms in total. The van der Waals surface area contributed by atoms with Crippen LogP contribution in [0.4, 0.5) is 10.1 Å². The molecular formula is C9H8BrFN4S. The van der Waals surface area contributed by atoms with Crippen LogP contribution >= 0.6 is 27.7 Å². The molecule has 84 valence electrons. The first-order valence-electron chi connectivity index (χ1n) is 4.34. The van der Waals surface area contributed by atoms with Gasteiger partial charge < -0.3 is 10.3 Å². The minimum atomic E-state index is -0.375. The van der Waals surface area contributed by atoms with Crippen LogP contribution in [-0.4, -0.2) is 14.8 Å². The van der Waals surface area contributed by atoms with Gasteiger partial charge >= 0.3 is 0 Å². The summed E-state index contributed by atoms with van der Waals surface area (Å²) in [5, 5.41) is 8.37. The lowest BCUT2D eigenvalue weighted by molar-refractivity contribution is 0.620. The molecule has 16 heavy (non-hydrogen) atoms. The van der Waals surface area contributed by atoms with Gasteiger partial charge in [0.25, 0.3) is 0 Å².